The predicted molar refractivity (Wildman–Crippen MR) is 101 cm³/mol. The molecule has 0 aliphatic heterocycles. The molecule has 0 unspecified atom stereocenters. The van der Waals surface area contributed by atoms with Crippen molar-refractivity contribution in [2.24, 2.45) is 0 Å². The first kappa shape index (κ1) is 22.7. The van der Waals surface area contributed by atoms with Crippen LogP contribution in [0, 0.1) is 13.8 Å². The molecule has 0 fully saturated rings. The monoisotopic (exact) mass is 401 g/mol. The summed E-state index contributed by atoms with van der Waals surface area (Å²) in [6.07, 6.45) is 0. The summed E-state index contributed by atoms with van der Waals surface area (Å²) in [5.41, 5.74) is 2.72. The van der Waals surface area contributed by atoms with Crippen LogP contribution in [0.15, 0.2) is 36.4 Å². The minimum Gasteiger partial charge on any atom is -0.668 e. The summed E-state index contributed by atoms with van der Waals surface area (Å²) in [5.74, 6) is 0.339. The van der Waals surface area contributed by atoms with Gasteiger partial charge in [-0.25, -0.2) is 0 Å². The normalized spacial score (nSPS) is 9.42. The van der Waals surface area contributed by atoms with E-state index in [9.17, 15) is 5.11 Å². The molecule has 2 aromatic carbocycles. The van der Waals surface area contributed by atoms with E-state index >= 15 is 0 Å². The molecule has 0 bridgehead atoms. The van der Waals surface area contributed by atoms with Crippen molar-refractivity contribution in [2.75, 3.05) is 28.2 Å². The first-order valence-corrected chi connectivity index (χ1v) is 7.44. The SMILES string of the molecule is C[N-]C.C[N-]C.Cc1ccc2ccc3ccc(C)c(O)c3c2n1.[Zr+2]. The van der Waals surface area contributed by atoms with E-state index in [0.717, 1.165) is 32.9 Å². The zero-order valence-electron chi connectivity index (χ0n) is 15.3. The number of rotatable bonds is 0. The molecule has 0 spiro atoms. The van der Waals surface area contributed by atoms with Crippen LogP contribution in [0.1, 0.15) is 11.3 Å². The largest absolute Gasteiger partial charge is 2.00 e. The number of phenolic OH excluding ortho intramolecular Hbond substituents is 1. The van der Waals surface area contributed by atoms with E-state index in [2.05, 4.69) is 15.6 Å². The van der Waals surface area contributed by atoms with E-state index in [1.54, 1.807) is 28.2 Å². The van der Waals surface area contributed by atoms with Crippen molar-refractivity contribution in [1.82, 2.24) is 4.98 Å². The first-order chi connectivity index (χ1) is 11.0. The summed E-state index contributed by atoms with van der Waals surface area (Å²) >= 11 is 0. The summed E-state index contributed by atoms with van der Waals surface area (Å²) in [6, 6.07) is 12.0. The van der Waals surface area contributed by atoms with Gasteiger partial charge < -0.3 is 15.7 Å². The van der Waals surface area contributed by atoms with Gasteiger partial charge in [-0.2, -0.15) is 28.2 Å². The topological polar surface area (TPSA) is 61.3 Å². The second kappa shape index (κ2) is 11.3. The summed E-state index contributed by atoms with van der Waals surface area (Å²) in [5, 5.41) is 20.1. The number of nitrogens with zero attached hydrogens (tertiary/aromatic N) is 3. The van der Waals surface area contributed by atoms with Gasteiger partial charge in [-0.15, -0.1) is 0 Å². The summed E-state index contributed by atoms with van der Waals surface area (Å²) in [4.78, 5) is 4.55. The molecule has 0 radical (unpaired) electrons. The molecule has 0 aliphatic carbocycles. The molecule has 0 saturated carbocycles. The maximum Gasteiger partial charge on any atom is 2.00 e. The van der Waals surface area contributed by atoms with Crippen LogP contribution in [-0.4, -0.2) is 38.3 Å². The number of pyridine rings is 1. The molecular formula is C19H25N3OZr. The van der Waals surface area contributed by atoms with E-state index in [1.165, 1.54) is 0 Å². The first-order valence-electron chi connectivity index (χ1n) is 7.44. The summed E-state index contributed by atoms with van der Waals surface area (Å²) < 4.78 is 0. The van der Waals surface area contributed by atoms with Gasteiger partial charge in [0.25, 0.3) is 0 Å². The van der Waals surface area contributed by atoms with Crippen molar-refractivity contribution in [3.05, 3.63) is 58.3 Å². The third-order valence-corrected chi connectivity index (χ3v) is 3.16. The third kappa shape index (κ3) is 5.66. The number of hydrogen-bond donors (Lipinski definition) is 1. The van der Waals surface area contributed by atoms with Gasteiger partial charge in [0.1, 0.15) is 5.75 Å². The van der Waals surface area contributed by atoms with Crippen molar-refractivity contribution in [1.29, 1.82) is 0 Å². The molecule has 3 rings (SSSR count). The Balaban J connectivity index is 0.000000668. The van der Waals surface area contributed by atoms with Crippen LogP contribution in [-0.2, 0) is 26.2 Å². The average molecular weight is 403 g/mol. The maximum absolute atomic E-state index is 10.2. The van der Waals surface area contributed by atoms with Gasteiger partial charge >= 0.3 is 26.2 Å². The van der Waals surface area contributed by atoms with Crippen LogP contribution >= 0.6 is 0 Å². The fourth-order valence-corrected chi connectivity index (χ4v) is 2.18. The molecule has 126 valence electrons. The Labute approximate surface area is 163 Å². The van der Waals surface area contributed by atoms with Gasteiger partial charge in [0.05, 0.1) is 10.9 Å². The molecule has 0 aliphatic rings. The van der Waals surface area contributed by atoms with Crippen molar-refractivity contribution >= 4 is 21.7 Å². The number of aromatic nitrogens is 1. The van der Waals surface area contributed by atoms with Gasteiger partial charge in [0, 0.05) is 11.1 Å². The molecule has 1 aromatic heterocycles. The standard InChI is InChI=1S/C15H13NO.2C2H6N.Zr/c1-9-3-5-11-7-8-12-6-4-10(2)16-14(12)13(11)15(9)17;2*1-3-2;/h3-8,17H,1-2H3;2*1-2H3;/q;2*-1;+2. The van der Waals surface area contributed by atoms with Crippen LogP contribution in [0.5, 0.6) is 5.75 Å². The molecular weight excluding hydrogens is 377 g/mol. The number of aromatic hydroxyl groups is 1. The zero-order chi connectivity index (χ0) is 17.4. The van der Waals surface area contributed by atoms with Gasteiger partial charge in [-0.05, 0) is 30.9 Å². The number of benzene rings is 2. The predicted octanol–water partition coefficient (Wildman–Crippen LogP) is 4.95. The van der Waals surface area contributed by atoms with Crippen LogP contribution < -0.4 is 0 Å². The number of aryl methyl sites for hydroxylation is 2. The Morgan fingerprint density at radius 2 is 1.25 bits per heavy atom. The smallest absolute Gasteiger partial charge is 0.668 e. The second-order valence-electron chi connectivity index (χ2n) is 5.31. The summed E-state index contributed by atoms with van der Waals surface area (Å²) in [7, 11) is 7.00. The Bertz CT molecular complexity index is 773. The number of hydrogen-bond acceptors (Lipinski definition) is 2. The average Bonchev–Trinajstić information content (AvgIpc) is 2.52. The van der Waals surface area contributed by atoms with Gasteiger partial charge in [-0.1, -0.05) is 30.3 Å². The molecule has 24 heavy (non-hydrogen) atoms. The van der Waals surface area contributed by atoms with Gasteiger partial charge in [0.2, 0.25) is 0 Å². The Morgan fingerprint density at radius 3 is 1.83 bits per heavy atom. The van der Waals surface area contributed by atoms with E-state index in [0.29, 0.717) is 5.75 Å². The number of fused-ring (bicyclic) bond motifs is 3. The van der Waals surface area contributed by atoms with Gasteiger partial charge in [0.15, 0.2) is 0 Å². The maximum atomic E-state index is 10.2. The third-order valence-electron chi connectivity index (χ3n) is 3.16. The molecule has 1 heterocycles. The van der Waals surface area contributed by atoms with Crippen molar-refractivity contribution in [2.45, 2.75) is 13.8 Å². The summed E-state index contributed by atoms with van der Waals surface area (Å²) in [6.45, 7) is 3.87. The molecule has 4 nitrogen and oxygen atoms in total. The minimum absolute atomic E-state index is 0. The van der Waals surface area contributed by atoms with Crippen molar-refractivity contribution in [3.8, 4) is 5.75 Å². The second-order valence-corrected chi connectivity index (χ2v) is 5.31. The Morgan fingerprint density at radius 1 is 0.792 bits per heavy atom. The molecule has 5 heteroatoms. The molecule has 0 saturated heterocycles. The van der Waals surface area contributed by atoms with Crippen LogP contribution in [0.4, 0.5) is 0 Å². The van der Waals surface area contributed by atoms with E-state index in [-0.39, 0.29) is 26.2 Å². The van der Waals surface area contributed by atoms with Crippen molar-refractivity contribution < 1.29 is 31.3 Å². The van der Waals surface area contributed by atoms with Gasteiger partial charge in [-0.3, -0.25) is 4.98 Å². The zero-order valence-corrected chi connectivity index (χ0v) is 17.7. The number of phenols is 1. The van der Waals surface area contributed by atoms with Crippen molar-refractivity contribution in [3.63, 3.8) is 0 Å². The molecule has 3 aromatic rings. The molecule has 0 atom stereocenters. The quantitative estimate of drug-likeness (QED) is 0.541. The minimum atomic E-state index is 0. The van der Waals surface area contributed by atoms with Crippen LogP contribution in [0.25, 0.3) is 32.3 Å². The van der Waals surface area contributed by atoms with E-state index < -0.39 is 0 Å². The van der Waals surface area contributed by atoms with E-state index in [1.807, 2.05) is 50.2 Å². The van der Waals surface area contributed by atoms with Crippen LogP contribution in [0.2, 0.25) is 0 Å². The Hall–Kier alpha value is -1.29. The fraction of sp³-hybridized carbons (Fsp3) is 0.316. The Kier molecular flexibility index (Phi) is 10.7. The fourth-order valence-electron chi connectivity index (χ4n) is 2.18. The molecule has 0 amide bonds. The molecule has 1 N–H and O–H groups in total. The van der Waals surface area contributed by atoms with Crippen LogP contribution in [0.3, 0.4) is 0 Å². The van der Waals surface area contributed by atoms with E-state index in [4.69, 9.17) is 0 Å².